The average Bonchev–Trinajstić information content (AvgIpc) is 3.16. The number of nitrogens with two attached hydrogens (primary N) is 1. The SMILES string of the molecule is CC1CC(CN)CN1C(=O)c1ccnc(-n2ccnc2)c1. The number of aromatic nitrogens is 3. The van der Waals surface area contributed by atoms with E-state index in [0.29, 0.717) is 23.8 Å². The summed E-state index contributed by atoms with van der Waals surface area (Å²) in [5.41, 5.74) is 6.38. The maximum atomic E-state index is 12.7. The fourth-order valence-corrected chi connectivity index (χ4v) is 2.85. The van der Waals surface area contributed by atoms with Gasteiger partial charge >= 0.3 is 0 Å². The number of amides is 1. The first-order valence-electron chi connectivity index (χ1n) is 7.14. The molecule has 0 spiro atoms. The lowest BCUT2D eigenvalue weighted by Crippen LogP contribution is -2.34. The zero-order chi connectivity index (χ0) is 14.8. The first kappa shape index (κ1) is 13.8. The van der Waals surface area contributed by atoms with Gasteiger partial charge in [-0.05, 0) is 37.9 Å². The molecule has 0 bridgehead atoms. The van der Waals surface area contributed by atoms with Gasteiger partial charge in [-0.15, -0.1) is 0 Å². The van der Waals surface area contributed by atoms with E-state index in [-0.39, 0.29) is 11.9 Å². The molecule has 110 valence electrons. The van der Waals surface area contributed by atoms with Crippen LogP contribution >= 0.6 is 0 Å². The Hall–Kier alpha value is -2.21. The van der Waals surface area contributed by atoms with Gasteiger partial charge in [-0.2, -0.15) is 0 Å². The third-order valence-corrected chi connectivity index (χ3v) is 4.02. The number of nitrogens with zero attached hydrogens (tertiary/aromatic N) is 4. The fourth-order valence-electron chi connectivity index (χ4n) is 2.85. The summed E-state index contributed by atoms with van der Waals surface area (Å²) in [6, 6.07) is 3.79. The summed E-state index contributed by atoms with van der Waals surface area (Å²) < 4.78 is 1.78. The Balaban J connectivity index is 1.84. The van der Waals surface area contributed by atoms with E-state index in [2.05, 4.69) is 16.9 Å². The summed E-state index contributed by atoms with van der Waals surface area (Å²) in [6.45, 7) is 3.44. The van der Waals surface area contributed by atoms with Crippen molar-refractivity contribution in [2.24, 2.45) is 11.7 Å². The molecular formula is C15H19N5O. The first-order valence-corrected chi connectivity index (χ1v) is 7.14. The van der Waals surface area contributed by atoms with Crippen LogP contribution in [0.3, 0.4) is 0 Å². The van der Waals surface area contributed by atoms with E-state index in [1.165, 1.54) is 0 Å². The predicted octanol–water partition coefficient (Wildman–Crippen LogP) is 1.08. The van der Waals surface area contributed by atoms with Crippen LogP contribution < -0.4 is 5.73 Å². The maximum Gasteiger partial charge on any atom is 0.254 e. The second kappa shape index (κ2) is 5.65. The summed E-state index contributed by atoms with van der Waals surface area (Å²) in [5.74, 6) is 1.14. The number of carbonyl (C=O) groups is 1. The smallest absolute Gasteiger partial charge is 0.254 e. The fraction of sp³-hybridized carbons (Fsp3) is 0.400. The summed E-state index contributed by atoms with van der Waals surface area (Å²) in [7, 11) is 0. The molecule has 0 aliphatic carbocycles. The van der Waals surface area contributed by atoms with Gasteiger partial charge in [-0.3, -0.25) is 9.36 Å². The van der Waals surface area contributed by atoms with Crippen LogP contribution in [0.15, 0.2) is 37.1 Å². The topological polar surface area (TPSA) is 77.0 Å². The Morgan fingerprint density at radius 1 is 1.48 bits per heavy atom. The van der Waals surface area contributed by atoms with Crippen LogP contribution in [0, 0.1) is 5.92 Å². The van der Waals surface area contributed by atoms with Crippen molar-refractivity contribution in [3.05, 3.63) is 42.6 Å². The van der Waals surface area contributed by atoms with Gasteiger partial charge in [-0.25, -0.2) is 9.97 Å². The molecule has 21 heavy (non-hydrogen) atoms. The monoisotopic (exact) mass is 285 g/mol. The number of imidazole rings is 1. The molecule has 0 saturated carbocycles. The number of rotatable bonds is 3. The van der Waals surface area contributed by atoms with Crippen molar-refractivity contribution in [2.45, 2.75) is 19.4 Å². The highest BCUT2D eigenvalue weighted by Gasteiger charge is 2.32. The standard InChI is InChI=1S/C15H19N5O/c1-11-6-12(8-16)9-20(11)15(21)13-2-3-18-14(7-13)19-5-4-17-10-19/h2-5,7,10-12H,6,8-9,16H2,1H3. The van der Waals surface area contributed by atoms with Crippen molar-refractivity contribution in [1.29, 1.82) is 0 Å². The van der Waals surface area contributed by atoms with Gasteiger partial charge < -0.3 is 10.6 Å². The molecule has 6 nitrogen and oxygen atoms in total. The summed E-state index contributed by atoms with van der Waals surface area (Å²) >= 11 is 0. The molecule has 6 heteroatoms. The Bertz CT molecular complexity index is 625. The molecule has 1 fully saturated rings. The van der Waals surface area contributed by atoms with Gasteiger partial charge in [0.05, 0.1) is 0 Å². The number of hydrogen-bond donors (Lipinski definition) is 1. The van der Waals surface area contributed by atoms with Crippen LogP contribution in [-0.4, -0.2) is 44.5 Å². The van der Waals surface area contributed by atoms with Gasteiger partial charge in [0.1, 0.15) is 12.1 Å². The quantitative estimate of drug-likeness (QED) is 0.915. The Labute approximate surface area is 123 Å². The molecular weight excluding hydrogens is 266 g/mol. The zero-order valence-electron chi connectivity index (χ0n) is 12.0. The van der Waals surface area contributed by atoms with Gasteiger partial charge in [0, 0.05) is 36.7 Å². The second-order valence-corrected chi connectivity index (χ2v) is 5.52. The minimum Gasteiger partial charge on any atom is -0.336 e. The van der Waals surface area contributed by atoms with Crippen LogP contribution in [0.5, 0.6) is 0 Å². The normalized spacial score (nSPS) is 21.7. The molecule has 1 aliphatic rings. The zero-order valence-corrected chi connectivity index (χ0v) is 12.0. The van der Waals surface area contributed by atoms with Crippen LogP contribution in [0.2, 0.25) is 0 Å². The van der Waals surface area contributed by atoms with E-state index in [1.807, 2.05) is 4.90 Å². The molecule has 0 radical (unpaired) electrons. The molecule has 1 aliphatic heterocycles. The second-order valence-electron chi connectivity index (χ2n) is 5.52. The largest absolute Gasteiger partial charge is 0.336 e. The Morgan fingerprint density at radius 3 is 3.00 bits per heavy atom. The number of likely N-dealkylation sites (tertiary alicyclic amines) is 1. The van der Waals surface area contributed by atoms with Gasteiger partial charge in [0.2, 0.25) is 0 Å². The van der Waals surface area contributed by atoms with E-state index in [4.69, 9.17) is 5.73 Å². The third kappa shape index (κ3) is 2.67. The van der Waals surface area contributed by atoms with E-state index < -0.39 is 0 Å². The summed E-state index contributed by atoms with van der Waals surface area (Å²) in [5, 5.41) is 0. The van der Waals surface area contributed by atoms with E-state index >= 15 is 0 Å². The molecule has 2 atom stereocenters. The maximum absolute atomic E-state index is 12.7. The van der Waals surface area contributed by atoms with Crippen molar-refractivity contribution in [1.82, 2.24) is 19.4 Å². The summed E-state index contributed by atoms with van der Waals surface area (Å²) in [6.07, 6.45) is 7.79. The lowest BCUT2D eigenvalue weighted by Gasteiger charge is -2.21. The van der Waals surface area contributed by atoms with Gasteiger partial charge in [0.15, 0.2) is 0 Å². The predicted molar refractivity (Wildman–Crippen MR) is 79.0 cm³/mol. The lowest BCUT2D eigenvalue weighted by atomic mass is 10.1. The molecule has 0 aromatic carbocycles. The first-order chi connectivity index (χ1) is 10.2. The third-order valence-electron chi connectivity index (χ3n) is 4.02. The lowest BCUT2D eigenvalue weighted by molar-refractivity contribution is 0.0743. The van der Waals surface area contributed by atoms with E-state index in [0.717, 1.165) is 13.0 Å². The Kier molecular flexibility index (Phi) is 3.70. The van der Waals surface area contributed by atoms with Crippen molar-refractivity contribution >= 4 is 5.91 Å². The highest BCUT2D eigenvalue weighted by molar-refractivity contribution is 5.95. The molecule has 2 unspecified atom stereocenters. The van der Waals surface area contributed by atoms with Crippen LogP contribution in [0.1, 0.15) is 23.7 Å². The molecule has 1 saturated heterocycles. The molecule has 2 aromatic heterocycles. The summed E-state index contributed by atoms with van der Waals surface area (Å²) in [4.78, 5) is 22.9. The van der Waals surface area contributed by atoms with Crippen LogP contribution in [-0.2, 0) is 0 Å². The highest BCUT2D eigenvalue weighted by Crippen LogP contribution is 2.24. The van der Waals surface area contributed by atoms with Crippen LogP contribution in [0.4, 0.5) is 0 Å². The van der Waals surface area contributed by atoms with Crippen molar-refractivity contribution in [2.75, 3.05) is 13.1 Å². The average molecular weight is 285 g/mol. The molecule has 2 aromatic rings. The van der Waals surface area contributed by atoms with Gasteiger partial charge in [0.25, 0.3) is 5.91 Å². The number of carbonyl (C=O) groups excluding carboxylic acids is 1. The van der Waals surface area contributed by atoms with E-state index in [9.17, 15) is 4.79 Å². The highest BCUT2D eigenvalue weighted by atomic mass is 16.2. The van der Waals surface area contributed by atoms with Crippen molar-refractivity contribution in [3.8, 4) is 5.82 Å². The minimum absolute atomic E-state index is 0.0437. The van der Waals surface area contributed by atoms with Crippen LogP contribution in [0.25, 0.3) is 5.82 Å². The van der Waals surface area contributed by atoms with Crippen molar-refractivity contribution in [3.63, 3.8) is 0 Å². The molecule has 3 rings (SSSR count). The number of pyridine rings is 1. The minimum atomic E-state index is 0.0437. The molecule has 3 heterocycles. The number of hydrogen-bond acceptors (Lipinski definition) is 4. The molecule has 1 amide bonds. The van der Waals surface area contributed by atoms with Gasteiger partial charge in [-0.1, -0.05) is 0 Å². The molecule has 2 N–H and O–H groups in total. The van der Waals surface area contributed by atoms with Crippen molar-refractivity contribution < 1.29 is 4.79 Å². The Morgan fingerprint density at radius 2 is 2.33 bits per heavy atom. The van der Waals surface area contributed by atoms with E-state index in [1.54, 1.807) is 41.6 Å².